The van der Waals surface area contributed by atoms with Crippen LogP contribution in [-0.4, -0.2) is 43.5 Å². The minimum absolute atomic E-state index is 0.0989. The Morgan fingerprint density at radius 2 is 2.29 bits per heavy atom. The van der Waals surface area contributed by atoms with Gasteiger partial charge < -0.3 is 14.6 Å². The molecule has 1 aliphatic rings. The molecule has 0 spiro atoms. The fraction of sp³-hybridized carbons (Fsp3) is 0.375. The molecule has 2 atom stereocenters. The first-order chi connectivity index (χ1) is 11.8. The number of benzene rings is 1. The van der Waals surface area contributed by atoms with Gasteiger partial charge in [0.1, 0.15) is 23.0 Å². The van der Waals surface area contributed by atoms with Crippen molar-refractivity contribution in [2.24, 2.45) is 0 Å². The van der Waals surface area contributed by atoms with Gasteiger partial charge in [-0.1, -0.05) is 0 Å². The van der Waals surface area contributed by atoms with Crippen molar-refractivity contribution in [3.05, 3.63) is 42.0 Å². The zero-order valence-corrected chi connectivity index (χ0v) is 13.3. The number of hydrogen-bond acceptors (Lipinski definition) is 5. The van der Waals surface area contributed by atoms with E-state index < -0.39 is 0 Å². The highest BCUT2D eigenvalue weighted by Gasteiger charge is 2.34. The summed E-state index contributed by atoms with van der Waals surface area (Å²) in [6.07, 6.45) is 4.23. The summed E-state index contributed by atoms with van der Waals surface area (Å²) >= 11 is 0. The van der Waals surface area contributed by atoms with E-state index in [0.717, 1.165) is 24.3 Å². The highest BCUT2D eigenvalue weighted by atomic mass is 16.5. The van der Waals surface area contributed by atoms with Gasteiger partial charge in [0.05, 0.1) is 6.04 Å². The Bertz CT molecular complexity index is 870. The van der Waals surface area contributed by atoms with Gasteiger partial charge in [0.2, 0.25) is 0 Å². The Hall–Kier alpha value is -2.74. The molecule has 0 bridgehead atoms. The Morgan fingerprint density at radius 1 is 1.42 bits per heavy atom. The molecule has 124 valence electrons. The van der Waals surface area contributed by atoms with Crippen LogP contribution in [0.1, 0.15) is 35.6 Å². The molecule has 2 N–H and O–H groups in total. The van der Waals surface area contributed by atoms with E-state index in [4.69, 9.17) is 4.74 Å². The Balaban J connectivity index is 1.54. The second kappa shape index (κ2) is 6.04. The number of rotatable bonds is 4. The smallest absolute Gasteiger partial charge is 0.251 e. The summed E-state index contributed by atoms with van der Waals surface area (Å²) in [4.78, 5) is 17.0. The zero-order valence-electron chi connectivity index (χ0n) is 13.3. The maximum absolute atomic E-state index is 12.6. The molecule has 3 aromatic rings. The number of carbonyl (C=O) groups is 1. The fourth-order valence-corrected chi connectivity index (χ4v) is 3.07. The molecule has 1 aliphatic heterocycles. The van der Waals surface area contributed by atoms with Crippen molar-refractivity contribution in [2.45, 2.75) is 32.0 Å². The maximum Gasteiger partial charge on any atom is 0.251 e. The topological polar surface area (TPSA) is 97.7 Å². The summed E-state index contributed by atoms with van der Waals surface area (Å²) in [6.45, 7) is 3.48. The molecule has 24 heavy (non-hydrogen) atoms. The lowest BCUT2D eigenvalue weighted by molar-refractivity contribution is 0.0775. The number of ether oxygens (including phenoxy) is 1. The predicted octanol–water partition coefficient (Wildman–Crippen LogP) is 1.43. The van der Waals surface area contributed by atoms with Gasteiger partial charge in [0.15, 0.2) is 0 Å². The first kappa shape index (κ1) is 14.8. The van der Waals surface area contributed by atoms with Crippen molar-refractivity contribution in [3.63, 3.8) is 0 Å². The number of fused-ring (bicyclic) bond motifs is 1. The first-order valence-corrected chi connectivity index (χ1v) is 8.00. The van der Waals surface area contributed by atoms with Crippen LogP contribution in [0, 0.1) is 0 Å². The van der Waals surface area contributed by atoms with E-state index in [2.05, 4.69) is 32.6 Å². The quantitative estimate of drug-likeness (QED) is 0.756. The number of aromatic nitrogens is 5. The normalized spacial score (nSPS) is 20.5. The standard InChI is InChI=1S/C16H18N6O2/c1-2-22-7-6-17-15(22)14-12(5-8-24-14)18-16(23)10-3-4-11-13(9-10)20-21-19-11/h3-4,6-7,9,12,14H,2,5,8H2,1H3,(H,18,23)(H,19,20,21)/t12-,14-/m0/s1. The summed E-state index contributed by atoms with van der Waals surface area (Å²) in [5.74, 6) is 0.710. The van der Waals surface area contributed by atoms with Gasteiger partial charge in [-0.15, -0.1) is 0 Å². The number of H-pyrrole nitrogens is 1. The molecule has 2 aromatic heterocycles. The third kappa shape index (κ3) is 2.54. The number of hydrogen-bond donors (Lipinski definition) is 2. The molecule has 8 heteroatoms. The van der Waals surface area contributed by atoms with Crippen LogP contribution in [0.3, 0.4) is 0 Å². The lowest BCUT2D eigenvalue weighted by Crippen LogP contribution is -2.37. The maximum atomic E-state index is 12.6. The van der Waals surface area contributed by atoms with E-state index in [1.807, 2.05) is 10.8 Å². The van der Waals surface area contributed by atoms with E-state index in [1.165, 1.54) is 0 Å². The SMILES string of the molecule is CCn1ccnc1[C@H]1OCC[C@@H]1NC(=O)c1ccc2n[nH]nc2c1. The van der Waals surface area contributed by atoms with Crippen molar-refractivity contribution in [1.82, 2.24) is 30.3 Å². The monoisotopic (exact) mass is 326 g/mol. The molecule has 3 heterocycles. The summed E-state index contributed by atoms with van der Waals surface area (Å²) in [5, 5.41) is 13.6. The summed E-state index contributed by atoms with van der Waals surface area (Å²) < 4.78 is 7.86. The van der Waals surface area contributed by atoms with Gasteiger partial charge in [-0.25, -0.2) is 4.98 Å². The van der Waals surface area contributed by atoms with Crippen LogP contribution in [0.25, 0.3) is 11.0 Å². The molecule has 1 amide bonds. The number of imidazole rings is 1. The minimum atomic E-state index is -0.223. The van der Waals surface area contributed by atoms with Crippen LogP contribution in [0.4, 0.5) is 0 Å². The van der Waals surface area contributed by atoms with Crippen molar-refractivity contribution in [3.8, 4) is 0 Å². The first-order valence-electron chi connectivity index (χ1n) is 8.00. The van der Waals surface area contributed by atoms with Gasteiger partial charge in [0.25, 0.3) is 5.91 Å². The highest BCUT2D eigenvalue weighted by molar-refractivity contribution is 5.97. The molecular weight excluding hydrogens is 308 g/mol. The predicted molar refractivity (Wildman–Crippen MR) is 86.4 cm³/mol. The largest absolute Gasteiger partial charge is 0.368 e. The molecule has 1 aromatic carbocycles. The van der Waals surface area contributed by atoms with Crippen molar-refractivity contribution in [1.29, 1.82) is 0 Å². The van der Waals surface area contributed by atoms with E-state index in [-0.39, 0.29) is 18.1 Å². The summed E-state index contributed by atoms with van der Waals surface area (Å²) in [5.41, 5.74) is 1.96. The molecule has 4 rings (SSSR count). The van der Waals surface area contributed by atoms with Crippen LogP contribution in [-0.2, 0) is 11.3 Å². The zero-order chi connectivity index (χ0) is 16.5. The Labute approximate surface area is 138 Å². The van der Waals surface area contributed by atoms with Crippen molar-refractivity contribution < 1.29 is 9.53 Å². The lowest BCUT2D eigenvalue weighted by Gasteiger charge is -2.20. The Kier molecular flexibility index (Phi) is 3.73. The number of nitrogens with zero attached hydrogens (tertiary/aromatic N) is 4. The third-order valence-corrected chi connectivity index (χ3v) is 4.33. The molecule has 1 fully saturated rings. The second-order valence-electron chi connectivity index (χ2n) is 5.76. The van der Waals surface area contributed by atoms with Crippen LogP contribution in [0.15, 0.2) is 30.6 Å². The van der Waals surface area contributed by atoms with Crippen molar-refractivity contribution in [2.75, 3.05) is 6.61 Å². The fourth-order valence-electron chi connectivity index (χ4n) is 3.07. The van der Waals surface area contributed by atoms with E-state index in [0.29, 0.717) is 17.7 Å². The molecule has 0 unspecified atom stereocenters. The minimum Gasteiger partial charge on any atom is -0.368 e. The number of aromatic amines is 1. The number of aryl methyl sites for hydroxylation is 1. The molecule has 1 saturated heterocycles. The lowest BCUT2D eigenvalue weighted by atomic mass is 10.1. The third-order valence-electron chi connectivity index (χ3n) is 4.33. The summed E-state index contributed by atoms with van der Waals surface area (Å²) in [6, 6.07) is 5.16. The van der Waals surface area contributed by atoms with Gasteiger partial charge in [-0.3, -0.25) is 4.79 Å². The Morgan fingerprint density at radius 3 is 3.17 bits per heavy atom. The number of carbonyl (C=O) groups excluding carboxylic acids is 1. The van der Waals surface area contributed by atoms with Crippen LogP contribution < -0.4 is 5.32 Å². The van der Waals surface area contributed by atoms with Gasteiger partial charge >= 0.3 is 0 Å². The molecule has 0 aliphatic carbocycles. The average Bonchev–Trinajstić information content (AvgIpc) is 3.33. The average molecular weight is 326 g/mol. The van der Waals surface area contributed by atoms with E-state index in [1.54, 1.807) is 24.4 Å². The second-order valence-corrected chi connectivity index (χ2v) is 5.76. The molecule has 8 nitrogen and oxygen atoms in total. The van der Waals surface area contributed by atoms with Crippen molar-refractivity contribution >= 4 is 16.9 Å². The number of nitrogens with one attached hydrogen (secondary N) is 2. The number of amides is 1. The van der Waals surface area contributed by atoms with Gasteiger partial charge in [0, 0.05) is 31.1 Å². The van der Waals surface area contributed by atoms with E-state index in [9.17, 15) is 4.79 Å². The highest BCUT2D eigenvalue weighted by Crippen LogP contribution is 2.28. The van der Waals surface area contributed by atoms with Crippen LogP contribution in [0.2, 0.25) is 0 Å². The molecule has 0 saturated carbocycles. The van der Waals surface area contributed by atoms with Gasteiger partial charge in [-0.2, -0.15) is 15.4 Å². The van der Waals surface area contributed by atoms with E-state index >= 15 is 0 Å². The van der Waals surface area contributed by atoms with Gasteiger partial charge in [-0.05, 0) is 31.5 Å². The molecular formula is C16H18N6O2. The molecule has 0 radical (unpaired) electrons. The van der Waals surface area contributed by atoms with Crippen LogP contribution >= 0.6 is 0 Å². The van der Waals surface area contributed by atoms with Crippen LogP contribution in [0.5, 0.6) is 0 Å². The summed E-state index contributed by atoms with van der Waals surface area (Å²) in [7, 11) is 0.